The Morgan fingerprint density at radius 3 is 0.897 bits per heavy atom. The first kappa shape index (κ1) is 39.0. The second-order valence-electron chi connectivity index (χ2n) is 14.1. The van der Waals surface area contributed by atoms with E-state index in [2.05, 4.69) is 221 Å². The van der Waals surface area contributed by atoms with Crippen LogP contribution in [0.2, 0.25) is 0 Å². The van der Waals surface area contributed by atoms with Crippen molar-refractivity contribution in [2.45, 2.75) is 6.92 Å². The SMILES string of the molecule is Brc1ccc(-c2c3ccccc3c(-c3ccccc3)c3ccccc23)cc1.Cc1c2ccccc2c(-c2ccccc2)c2ccccc12.OB(O)c1ccc(Br)cc1. The zero-order valence-electron chi connectivity index (χ0n) is 31.9. The third kappa shape index (κ3) is 8.13. The van der Waals surface area contributed by atoms with E-state index in [4.69, 9.17) is 10.0 Å². The minimum Gasteiger partial charge on any atom is -0.423 e. The molecular formula is C53H39BBr2O2. The fraction of sp³-hybridized carbons (Fsp3) is 0.0189. The van der Waals surface area contributed by atoms with E-state index in [0.29, 0.717) is 5.46 Å². The maximum absolute atomic E-state index is 8.65. The zero-order valence-corrected chi connectivity index (χ0v) is 35.0. The molecule has 280 valence electrons. The number of fused-ring (bicyclic) bond motifs is 4. The molecule has 0 aliphatic heterocycles. The van der Waals surface area contributed by atoms with Crippen molar-refractivity contribution in [3.05, 3.63) is 221 Å². The summed E-state index contributed by atoms with van der Waals surface area (Å²) in [5.41, 5.74) is 9.59. The van der Waals surface area contributed by atoms with Crippen molar-refractivity contribution < 1.29 is 10.0 Å². The van der Waals surface area contributed by atoms with Crippen molar-refractivity contribution in [1.82, 2.24) is 0 Å². The van der Waals surface area contributed by atoms with Crippen LogP contribution in [0.5, 0.6) is 0 Å². The van der Waals surface area contributed by atoms with Crippen LogP contribution in [0.3, 0.4) is 0 Å². The van der Waals surface area contributed by atoms with Gasteiger partial charge in [0, 0.05) is 8.95 Å². The second kappa shape index (κ2) is 17.8. The van der Waals surface area contributed by atoms with Crippen LogP contribution in [-0.2, 0) is 0 Å². The Kier molecular flexibility index (Phi) is 12.0. The van der Waals surface area contributed by atoms with Crippen molar-refractivity contribution in [3.8, 4) is 33.4 Å². The van der Waals surface area contributed by atoms with Crippen molar-refractivity contribution in [2.75, 3.05) is 0 Å². The molecule has 0 heterocycles. The molecule has 0 aliphatic carbocycles. The topological polar surface area (TPSA) is 40.5 Å². The largest absolute Gasteiger partial charge is 0.488 e. The minimum absolute atomic E-state index is 0.503. The summed E-state index contributed by atoms with van der Waals surface area (Å²) in [4.78, 5) is 0. The summed E-state index contributed by atoms with van der Waals surface area (Å²) in [7, 11) is -1.37. The molecule has 10 aromatic carbocycles. The molecule has 0 bridgehead atoms. The van der Waals surface area contributed by atoms with Crippen LogP contribution >= 0.6 is 31.9 Å². The van der Waals surface area contributed by atoms with Gasteiger partial charge >= 0.3 is 7.12 Å². The summed E-state index contributed by atoms with van der Waals surface area (Å²) in [6.45, 7) is 2.22. The Morgan fingerprint density at radius 1 is 0.310 bits per heavy atom. The Balaban J connectivity index is 0.000000134. The highest BCUT2D eigenvalue weighted by molar-refractivity contribution is 9.10. The summed E-state index contributed by atoms with van der Waals surface area (Å²) in [6, 6.07) is 71.7. The Labute approximate surface area is 356 Å². The molecule has 0 fully saturated rings. The first-order chi connectivity index (χ1) is 28.4. The monoisotopic (exact) mass is 876 g/mol. The van der Waals surface area contributed by atoms with Crippen LogP contribution in [0, 0.1) is 6.92 Å². The van der Waals surface area contributed by atoms with Gasteiger partial charge in [-0.3, -0.25) is 0 Å². The normalized spacial score (nSPS) is 10.8. The van der Waals surface area contributed by atoms with Gasteiger partial charge < -0.3 is 10.0 Å². The first-order valence-electron chi connectivity index (χ1n) is 19.2. The minimum atomic E-state index is -1.37. The summed E-state index contributed by atoms with van der Waals surface area (Å²) >= 11 is 6.79. The lowest BCUT2D eigenvalue weighted by Crippen LogP contribution is -2.29. The van der Waals surface area contributed by atoms with Crippen molar-refractivity contribution in [3.63, 3.8) is 0 Å². The number of aryl methyl sites for hydroxylation is 1. The van der Waals surface area contributed by atoms with Crippen LogP contribution in [0.15, 0.2) is 215 Å². The van der Waals surface area contributed by atoms with Crippen LogP contribution in [-0.4, -0.2) is 17.2 Å². The van der Waals surface area contributed by atoms with Crippen LogP contribution in [0.1, 0.15) is 5.56 Å². The molecule has 0 aromatic heterocycles. The molecule has 2 nitrogen and oxygen atoms in total. The lowest BCUT2D eigenvalue weighted by molar-refractivity contribution is 0.426. The standard InChI is InChI=1S/C26H17Br.C21H16.C6H6BBrO2/c27-20-16-14-19(15-17-20)26-23-12-6-4-10-21(23)25(18-8-2-1-3-9-18)22-11-5-7-13-24(22)26;1-15-17-11-5-7-13-19(17)21(16-9-3-2-4-10-16)20-14-8-6-12-18(15)20;8-6-3-1-5(2-4-6)7(9)10/h1-17H;2-14H,1H3;1-4,9-10H. The summed E-state index contributed by atoms with van der Waals surface area (Å²) < 4.78 is 2.03. The smallest absolute Gasteiger partial charge is 0.423 e. The molecule has 5 heteroatoms. The van der Waals surface area contributed by atoms with E-state index in [1.54, 1.807) is 24.3 Å². The molecule has 2 N–H and O–H groups in total. The van der Waals surface area contributed by atoms with E-state index >= 15 is 0 Å². The van der Waals surface area contributed by atoms with Gasteiger partial charge in [0.1, 0.15) is 0 Å². The van der Waals surface area contributed by atoms with E-state index in [-0.39, 0.29) is 0 Å². The molecule has 0 spiro atoms. The molecule has 0 saturated carbocycles. The predicted octanol–water partition coefficient (Wildman–Crippen LogP) is 14.2. The van der Waals surface area contributed by atoms with Gasteiger partial charge in [0.2, 0.25) is 0 Å². The summed E-state index contributed by atoms with van der Waals surface area (Å²) in [5.74, 6) is 0. The molecule has 0 aliphatic rings. The van der Waals surface area contributed by atoms with E-state index in [0.717, 1.165) is 8.95 Å². The lowest BCUT2D eigenvalue weighted by atomic mass is 9.81. The fourth-order valence-electron chi connectivity index (χ4n) is 7.87. The number of hydrogen-bond donors (Lipinski definition) is 2. The van der Waals surface area contributed by atoms with Gasteiger partial charge in [0.25, 0.3) is 0 Å². The molecule has 0 atom stereocenters. The quantitative estimate of drug-likeness (QED) is 0.137. The molecule has 0 saturated heterocycles. The number of hydrogen-bond acceptors (Lipinski definition) is 2. The number of benzene rings is 10. The molecule has 0 amide bonds. The molecular weight excluding hydrogens is 839 g/mol. The van der Waals surface area contributed by atoms with Crippen molar-refractivity contribution in [2.24, 2.45) is 0 Å². The maximum atomic E-state index is 8.65. The van der Waals surface area contributed by atoms with Gasteiger partial charge in [-0.25, -0.2) is 0 Å². The third-order valence-electron chi connectivity index (χ3n) is 10.6. The molecule has 0 unspecified atom stereocenters. The van der Waals surface area contributed by atoms with E-state index < -0.39 is 7.12 Å². The van der Waals surface area contributed by atoms with Crippen molar-refractivity contribution >= 4 is 87.5 Å². The van der Waals surface area contributed by atoms with E-state index in [1.807, 2.05) is 0 Å². The van der Waals surface area contributed by atoms with Crippen molar-refractivity contribution in [1.29, 1.82) is 0 Å². The first-order valence-corrected chi connectivity index (χ1v) is 20.8. The van der Waals surface area contributed by atoms with Gasteiger partial charge in [0.05, 0.1) is 0 Å². The molecule has 10 aromatic rings. The van der Waals surface area contributed by atoms with Gasteiger partial charge in [0.15, 0.2) is 0 Å². The average Bonchev–Trinajstić information content (AvgIpc) is 3.27. The Bertz CT molecular complexity index is 2870. The van der Waals surface area contributed by atoms with E-state index in [1.165, 1.54) is 82.0 Å². The highest BCUT2D eigenvalue weighted by Gasteiger charge is 2.16. The Hall–Kier alpha value is -5.82. The predicted molar refractivity (Wildman–Crippen MR) is 256 cm³/mol. The Morgan fingerprint density at radius 2 is 0.569 bits per heavy atom. The van der Waals surface area contributed by atoms with Gasteiger partial charge in [-0.05, 0) is 119 Å². The average molecular weight is 879 g/mol. The highest BCUT2D eigenvalue weighted by Crippen LogP contribution is 2.44. The lowest BCUT2D eigenvalue weighted by Gasteiger charge is -2.17. The number of rotatable bonds is 4. The summed E-state index contributed by atoms with van der Waals surface area (Å²) in [6.07, 6.45) is 0. The highest BCUT2D eigenvalue weighted by atomic mass is 79.9. The molecule has 10 rings (SSSR count). The maximum Gasteiger partial charge on any atom is 0.488 e. The van der Waals surface area contributed by atoms with Gasteiger partial charge in [-0.2, -0.15) is 0 Å². The van der Waals surface area contributed by atoms with Gasteiger partial charge in [-0.1, -0.05) is 214 Å². The molecule has 0 radical (unpaired) electrons. The van der Waals surface area contributed by atoms with Crippen LogP contribution in [0.4, 0.5) is 0 Å². The second-order valence-corrected chi connectivity index (χ2v) is 15.9. The molecule has 58 heavy (non-hydrogen) atoms. The van der Waals surface area contributed by atoms with Gasteiger partial charge in [-0.15, -0.1) is 0 Å². The van der Waals surface area contributed by atoms with E-state index in [9.17, 15) is 0 Å². The third-order valence-corrected chi connectivity index (χ3v) is 11.6. The van der Waals surface area contributed by atoms with Crippen LogP contribution < -0.4 is 5.46 Å². The summed E-state index contributed by atoms with van der Waals surface area (Å²) in [5, 5.41) is 27.8. The zero-order chi connectivity index (χ0) is 40.0. The number of halogens is 2. The van der Waals surface area contributed by atoms with Crippen LogP contribution in [0.25, 0.3) is 76.5 Å². The fourth-order valence-corrected chi connectivity index (χ4v) is 8.40.